The van der Waals surface area contributed by atoms with Crippen molar-refractivity contribution in [3.63, 3.8) is 0 Å². The first kappa shape index (κ1) is 22.1. The molecule has 4 bridgehead atoms. The molecule has 0 amide bonds. The highest BCUT2D eigenvalue weighted by molar-refractivity contribution is 7.87. The van der Waals surface area contributed by atoms with Crippen LogP contribution in [0.5, 0.6) is 0 Å². The lowest BCUT2D eigenvalue weighted by Crippen LogP contribution is -2.66. The zero-order valence-electron chi connectivity index (χ0n) is 15.6. The van der Waals surface area contributed by atoms with E-state index in [-0.39, 0.29) is 31.6 Å². The van der Waals surface area contributed by atoms with Gasteiger partial charge in [0, 0.05) is 6.42 Å². The first-order valence-corrected chi connectivity index (χ1v) is 11.0. The fraction of sp³-hybridized carbons (Fsp3) is 0.941. The van der Waals surface area contributed by atoms with Crippen LogP contribution in [0.4, 0.5) is 26.3 Å². The van der Waals surface area contributed by atoms with Gasteiger partial charge in [-0.05, 0) is 56.3 Å². The predicted octanol–water partition coefficient (Wildman–Crippen LogP) is 3.41. The van der Waals surface area contributed by atoms with Gasteiger partial charge in [-0.2, -0.15) is 34.8 Å². The second-order valence-corrected chi connectivity index (χ2v) is 10.5. The van der Waals surface area contributed by atoms with Gasteiger partial charge in [-0.1, -0.05) is 0 Å². The van der Waals surface area contributed by atoms with Gasteiger partial charge in [0.15, 0.2) is 0 Å². The second-order valence-electron chi connectivity index (χ2n) is 9.06. The molecule has 1 spiro atoms. The van der Waals surface area contributed by atoms with Gasteiger partial charge in [0.1, 0.15) is 12.2 Å². The largest absolute Gasteiger partial charge is 0.465 e. The van der Waals surface area contributed by atoms with Crippen LogP contribution in [0.1, 0.15) is 44.9 Å². The Hall–Kier alpha value is -1.08. The van der Waals surface area contributed by atoms with Crippen LogP contribution in [0.25, 0.3) is 0 Å². The molecule has 2 unspecified atom stereocenters. The molecule has 2 atom stereocenters. The van der Waals surface area contributed by atoms with E-state index in [0.29, 0.717) is 12.8 Å². The smallest absolute Gasteiger partial charge is 0.454 e. The molecule has 1 heterocycles. The van der Waals surface area contributed by atoms with Gasteiger partial charge < -0.3 is 9.47 Å². The summed E-state index contributed by atoms with van der Waals surface area (Å²) in [5.74, 6) is -12.3. The van der Waals surface area contributed by atoms with Crippen molar-refractivity contribution >= 4 is 16.1 Å². The van der Waals surface area contributed by atoms with E-state index in [9.17, 15) is 39.6 Å². The number of alkyl halides is 6. The molecular weight excluding hydrogens is 446 g/mol. The van der Waals surface area contributed by atoms with Gasteiger partial charge in [0.25, 0.3) is 0 Å². The summed E-state index contributed by atoms with van der Waals surface area (Å²) < 4.78 is 123. The molecule has 5 rings (SSSR count). The van der Waals surface area contributed by atoms with E-state index in [0.717, 1.165) is 0 Å². The van der Waals surface area contributed by atoms with Crippen LogP contribution in [0, 0.1) is 17.8 Å². The van der Waals surface area contributed by atoms with E-state index in [1.807, 2.05) is 0 Å². The third kappa shape index (κ3) is 3.06. The Morgan fingerprint density at radius 1 is 1.00 bits per heavy atom. The number of esters is 1. The highest BCUT2D eigenvalue weighted by atomic mass is 32.2. The molecule has 1 saturated heterocycles. The number of rotatable bonds is 3. The van der Waals surface area contributed by atoms with E-state index in [2.05, 4.69) is 0 Å². The fourth-order valence-electron chi connectivity index (χ4n) is 6.05. The molecule has 5 fully saturated rings. The summed E-state index contributed by atoms with van der Waals surface area (Å²) in [5, 5.41) is -5.16. The molecule has 172 valence electrons. The van der Waals surface area contributed by atoms with E-state index in [4.69, 9.17) is 14.0 Å². The molecule has 1 aliphatic heterocycles. The Morgan fingerprint density at radius 3 is 2.10 bits per heavy atom. The first-order chi connectivity index (χ1) is 13.5. The van der Waals surface area contributed by atoms with E-state index in [1.165, 1.54) is 0 Å². The van der Waals surface area contributed by atoms with Crippen molar-refractivity contribution < 1.29 is 53.6 Å². The van der Waals surface area contributed by atoms with Crippen LogP contribution in [0.3, 0.4) is 0 Å². The van der Waals surface area contributed by atoms with Crippen molar-refractivity contribution in [1.29, 1.82) is 0 Å². The van der Waals surface area contributed by atoms with Gasteiger partial charge in [-0.3, -0.25) is 4.55 Å². The van der Waals surface area contributed by atoms with Crippen LogP contribution in [-0.2, 0) is 24.4 Å². The lowest BCUT2D eigenvalue weighted by Gasteiger charge is -2.64. The van der Waals surface area contributed by atoms with Gasteiger partial charge in [-0.25, -0.2) is 4.79 Å². The number of hydrogen-bond acceptors (Lipinski definition) is 5. The Bertz CT molecular complexity index is 823. The Morgan fingerprint density at radius 2 is 1.57 bits per heavy atom. The molecule has 13 heteroatoms. The maximum absolute atomic E-state index is 13.9. The first-order valence-electron chi connectivity index (χ1n) is 9.52. The highest BCUT2D eigenvalue weighted by Gasteiger charge is 2.69. The number of carbonyl (C=O) groups is 1. The minimum atomic E-state index is -6.04. The number of ether oxygens (including phenoxy) is 2. The molecule has 0 radical (unpaired) electrons. The third-order valence-electron chi connectivity index (χ3n) is 7.27. The average Bonchev–Trinajstić information content (AvgIpc) is 2.67. The van der Waals surface area contributed by atoms with Crippen molar-refractivity contribution in [2.45, 2.75) is 73.2 Å². The fourth-order valence-corrected chi connectivity index (χ4v) is 6.31. The minimum absolute atomic E-state index is 0.0928. The Labute approximate surface area is 168 Å². The predicted molar refractivity (Wildman–Crippen MR) is 86.7 cm³/mol. The zero-order chi connectivity index (χ0) is 22.4. The van der Waals surface area contributed by atoms with Crippen LogP contribution < -0.4 is 0 Å². The van der Waals surface area contributed by atoms with Gasteiger partial charge in [0.05, 0.1) is 5.60 Å². The molecule has 4 saturated carbocycles. The van der Waals surface area contributed by atoms with Crippen molar-refractivity contribution in [2.75, 3.05) is 6.61 Å². The lowest BCUT2D eigenvalue weighted by molar-refractivity contribution is -0.274. The SMILES string of the molecule is O=C(OC12CC3CC(C1)C1(CCC(F)(F)C(F)(F)CO1)C(C3)C2)C(F)(F)S(=O)(=O)O. The van der Waals surface area contributed by atoms with Gasteiger partial charge >= 0.3 is 33.2 Å². The molecule has 30 heavy (non-hydrogen) atoms. The molecule has 4 aliphatic carbocycles. The summed E-state index contributed by atoms with van der Waals surface area (Å²) in [7, 11) is -6.04. The van der Waals surface area contributed by atoms with Crippen molar-refractivity contribution in [2.24, 2.45) is 17.8 Å². The normalized spacial score (nSPS) is 42.2. The number of hydrogen-bond donors (Lipinski definition) is 1. The topological polar surface area (TPSA) is 89.9 Å². The quantitative estimate of drug-likeness (QED) is 0.390. The monoisotopic (exact) mass is 466 g/mol. The highest BCUT2D eigenvalue weighted by Crippen LogP contribution is 2.65. The summed E-state index contributed by atoms with van der Waals surface area (Å²) >= 11 is 0. The van der Waals surface area contributed by atoms with Crippen LogP contribution >= 0.6 is 0 Å². The van der Waals surface area contributed by atoms with Crippen LogP contribution in [-0.4, -0.2) is 53.8 Å². The minimum Gasteiger partial charge on any atom is -0.454 e. The van der Waals surface area contributed by atoms with Crippen LogP contribution in [0.15, 0.2) is 0 Å². The number of carbonyl (C=O) groups excluding carboxylic acids is 1. The van der Waals surface area contributed by atoms with Crippen molar-refractivity contribution in [3.05, 3.63) is 0 Å². The van der Waals surface area contributed by atoms with Gasteiger partial charge in [0.2, 0.25) is 0 Å². The second kappa shape index (κ2) is 6.25. The zero-order valence-corrected chi connectivity index (χ0v) is 16.4. The standard InChI is InChI=1S/C17H20F6O6S/c18-15(19)2-1-14(28-8-16(15,20)21)10-3-9-4-11(14)7-13(5-9,6-10)29-12(24)17(22,23)30(25,26)27/h9-11H,1-8H2,(H,25,26,27). The molecule has 0 aromatic rings. The Balaban J connectivity index is 1.59. The molecular formula is C17H20F6O6S. The molecule has 0 aromatic carbocycles. The lowest BCUT2D eigenvalue weighted by atomic mass is 9.47. The summed E-state index contributed by atoms with van der Waals surface area (Å²) in [6.07, 6.45) is -0.623. The maximum Gasteiger partial charge on any atom is 0.465 e. The molecule has 0 aromatic heterocycles. The van der Waals surface area contributed by atoms with Crippen LogP contribution in [0.2, 0.25) is 0 Å². The third-order valence-corrected chi connectivity index (χ3v) is 8.09. The summed E-state index contributed by atoms with van der Waals surface area (Å²) in [6.45, 7) is -1.47. The summed E-state index contributed by atoms with van der Waals surface area (Å²) in [5.41, 5.74) is -2.78. The van der Waals surface area contributed by atoms with Crippen molar-refractivity contribution in [1.82, 2.24) is 0 Å². The average molecular weight is 466 g/mol. The summed E-state index contributed by atoms with van der Waals surface area (Å²) in [6, 6.07) is 0. The molecule has 5 aliphatic rings. The van der Waals surface area contributed by atoms with E-state index in [1.54, 1.807) is 0 Å². The number of halogens is 6. The Kier molecular flexibility index (Phi) is 4.61. The van der Waals surface area contributed by atoms with Crippen molar-refractivity contribution in [3.8, 4) is 0 Å². The van der Waals surface area contributed by atoms with E-state index >= 15 is 0 Å². The molecule has 6 nitrogen and oxygen atoms in total. The van der Waals surface area contributed by atoms with E-state index < -0.39 is 69.3 Å². The maximum atomic E-state index is 13.9. The molecule has 1 N–H and O–H groups in total. The van der Waals surface area contributed by atoms with Gasteiger partial charge in [-0.15, -0.1) is 0 Å². The summed E-state index contributed by atoms with van der Waals surface area (Å²) in [4.78, 5) is 11.8.